The lowest BCUT2D eigenvalue weighted by atomic mass is 10.1. The number of benzene rings is 1. The fourth-order valence-electron chi connectivity index (χ4n) is 3.12. The van der Waals surface area contributed by atoms with Crippen molar-refractivity contribution in [3.63, 3.8) is 0 Å². The van der Waals surface area contributed by atoms with Gasteiger partial charge in [0.15, 0.2) is 0 Å². The molecule has 2 amide bonds. The van der Waals surface area contributed by atoms with E-state index in [9.17, 15) is 9.59 Å². The van der Waals surface area contributed by atoms with E-state index in [4.69, 9.17) is 4.74 Å². The number of methoxy groups -OCH3 is 1. The number of nitrogens with one attached hydrogen (secondary N) is 1. The minimum Gasteiger partial charge on any atom is -0.497 e. The fraction of sp³-hybridized carbons (Fsp3) is 0.350. The van der Waals surface area contributed by atoms with Gasteiger partial charge in [-0.1, -0.05) is 12.1 Å². The third-order valence-electron chi connectivity index (χ3n) is 4.71. The first-order valence-electron chi connectivity index (χ1n) is 8.70. The van der Waals surface area contributed by atoms with Crippen LogP contribution in [0.2, 0.25) is 0 Å². The zero-order valence-corrected chi connectivity index (χ0v) is 15.1. The molecule has 0 spiro atoms. The monoisotopic (exact) mass is 353 g/mol. The van der Waals surface area contributed by atoms with Crippen LogP contribution in [0.4, 0.5) is 0 Å². The number of aromatic nitrogens is 1. The van der Waals surface area contributed by atoms with Crippen molar-refractivity contribution in [2.45, 2.75) is 19.9 Å². The molecule has 1 N–H and O–H groups in total. The molecule has 3 rings (SSSR count). The van der Waals surface area contributed by atoms with E-state index < -0.39 is 0 Å². The Hall–Kier alpha value is -2.89. The Morgan fingerprint density at radius 1 is 1.31 bits per heavy atom. The molecular formula is C20H23N3O3. The number of aryl methyl sites for hydroxylation is 1. The number of ether oxygens (including phenoxy) is 1. The molecule has 2 heterocycles. The third-order valence-corrected chi connectivity index (χ3v) is 4.71. The number of nitrogens with zero attached hydrogens (tertiary/aromatic N) is 2. The number of hydrogen-bond donors (Lipinski definition) is 1. The molecule has 1 aromatic heterocycles. The van der Waals surface area contributed by atoms with E-state index in [0.29, 0.717) is 37.4 Å². The highest BCUT2D eigenvalue weighted by molar-refractivity contribution is 5.95. The van der Waals surface area contributed by atoms with Gasteiger partial charge in [-0.05, 0) is 43.2 Å². The molecule has 1 fully saturated rings. The minimum atomic E-state index is -0.187. The molecule has 2 aromatic rings. The summed E-state index contributed by atoms with van der Waals surface area (Å²) >= 11 is 0. The smallest absolute Gasteiger partial charge is 0.254 e. The molecular weight excluding hydrogens is 330 g/mol. The topological polar surface area (TPSA) is 71.5 Å². The summed E-state index contributed by atoms with van der Waals surface area (Å²) in [6, 6.07) is 10.9. The Morgan fingerprint density at radius 2 is 2.15 bits per heavy atom. The second-order valence-electron chi connectivity index (χ2n) is 6.45. The van der Waals surface area contributed by atoms with E-state index >= 15 is 0 Å². The van der Waals surface area contributed by atoms with Crippen LogP contribution < -0.4 is 10.1 Å². The Labute approximate surface area is 153 Å². The Balaban J connectivity index is 1.56. The summed E-state index contributed by atoms with van der Waals surface area (Å²) in [4.78, 5) is 31.1. The predicted octanol–water partition coefficient (Wildman–Crippen LogP) is 2.18. The van der Waals surface area contributed by atoms with Gasteiger partial charge in [0.2, 0.25) is 5.91 Å². The fourth-order valence-corrected chi connectivity index (χ4v) is 3.12. The second-order valence-corrected chi connectivity index (χ2v) is 6.45. The van der Waals surface area contributed by atoms with Crippen LogP contribution in [-0.4, -0.2) is 41.9 Å². The van der Waals surface area contributed by atoms with Gasteiger partial charge in [0.25, 0.3) is 5.91 Å². The van der Waals surface area contributed by atoms with Crippen molar-refractivity contribution in [1.29, 1.82) is 0 Å². The van der Waals surface area contributed by atoms with Crippen molar-refractivity contribution in [2.75, 3.05) is 20.2 Å². The molecule has 1 aliphatic heterocycles. The van der Waals surface area contributed by atoms with Crippen LogP contribution >= 0.6 is 0 Å². The summed E-state index contributed by atoms with van der Waals surface area (Å²) < 4.78 is 5.17. The molecule has 1 atom stereocenters. The molecule has 0 bridgehead atoms. The summed E-state index contributed by atoms with van der Waals surface area (Å²) in [5.74, 6) is 0.361. The van der Waals surface area contributed by atoms with Crippen molar-refractivity contribution in [3.8, 4) is 5.75 Å². The molecule has 1 unspecified atom stereocenters. The van der Waals surface area contributed by atoms with Gasteiger partial charge in [0, 0.05) is 24.8 Å². The van der Waals surface area contributed by atoms with Crippen molar-refractivity contribution in [2.24, 2.45) is 5.92 Å². The lowest BCUT2D eigenvalue weighted by molar-refractivity contribution is -0.124. The lowest BCUT2D eigenvalue weighted by Gasteiger charge is -2.17. The maximum atomic E-state index is 12.6. The number of carbonyl (C=O) groups is 2. The Kier molecular flexibility index (Phi) is 5.51. The number of likely N-dealkylation sites (tertiary alicyclic amines) is 1. The van der Waals surface area contributed by atoms with E-state index in [-0.39, 0.29) is 17.7 Å². The van der Waals surface area contributed by atoms with Gasteiger partial charge in [-0.15, -0.1) is 0 Å². The molecule has 136 valence electrons. The molecule has 6 heteroatoms. The molecule has 6 nitrogen and oxygen atoms in total. The normalized spacial score (nSPS) is 16.4. The van der Waals surface area contributed by atoms with E-state index in [1.54, 1.807) is 42.5 Å². The van der Waals surface area contributed by atoms with E-state index in [0.717, 1.165) is 11.3 Å². The van der Waals surface area contributed by atoms with Crippen molar-refractivity contribution in [1.82, 2.24) is 15.2 Å². The summed E-state index contributed by atoms with van der Waals surface area (Å²) in [5, 5.41) is 2.94. The summed E-state index contributed by atoms with van der Waals surface area (Å²) in [7, 11) is 1.57. The molecule has 0 saturated carbocycles. The maximum absolute atomic E-state index is 12.6. The minimum absolute atomic E-state index is 0.0315. The maximum Gasteiger partial charge on any atom is 0.254 e. The van der Waals surface area contributed by atoms with Crippen LogP contribution in [0.3, 0.4) is 0 Å². The molecule has 0 radical (unpaired) electrons. The number of carbonyl (C=O) groups excluding carboxylic acids is 2. The first kappa shape index (κ1) is 17.9. The van der Waals surface area contributed by atoms with Crippen LogP contribution in [0.15, 0.2) is 42.6 Å². The van der Waals surface area contributed by atoms with Crippen LogP contribution in [0, 0.1) is 12.8 Å². The first-order chi connectivity index (χ1) is 12.6. The molecule has 1 saturated heterocycles. The Bertz CT molecular complexity index is 806. The molecule has 26 heavy (non-hydrogen) atoms. The summed E-state index contributed by atoms with van der Waals surface area (Å²) in [6.45, 7) is 3.39. The van der Waals surface area contributed by atoms with Crippen LogP contribution in [-0.2, 0) is 11.3 Å². The molecule has 1 aromatic carbocycles. The van der Waals surface area contributed by atoms with Crippen molar-refractivity contribution < 1.29 is 14.3 Å². The van der Waals surface area contributed by atoms with Crippen LogP contribution in [0.25, 0.3) is 0 Å². The van der Waals surface area contributed by atoms with Gasteiger partial charge < -0.3 is 15.0 Å². The quantitative estimate of drug-likeness (QED) is 0.894. The zero-order chi connectivity index (χ0) is 18.5. The highest BCUT2D eigenvalue weighted by Crippen LogP contribution is 2.21. The summed E-state index contributed by atoms with van der Waals surface area (Å²) in [6.07, 6.45) is 2.39. The van der Waals surface area contributed by atoms with Gasteiger partial charge in [-0.25, -0.2) is 0 Å². The van der Waals surface area contributed by atoms with Gasteiger partial charge >= 0.3 is 0 Å². The average Bonchev–Trinajstić information content (AvgIpc) is 3.17. The van der Waals surface area contributed by atoms with Gasteiger partial charge in [-0.3, -0.25) is 14.6 Å². The van der Waals surface area contributed by atoms with Crippen LogP contribution in [0.5, 0.6) is 5.75 Å². The Morgan fingerprint density at radius 3 is 2.92 bits per heavy atom. The van der Waals surface area contributed by atoms with E-state index in [1.165, 1.54) is 0 Å². The first-order valence-corrected chi connectivity index (χ1v) is 8.70. The highest BCUT2D eigenvalue weighted by atomic mass is 16.5. The number of hydrogen-bond acceptors (Lipinski definition) is 4. The van der Waals surface area contributed by atoms with Crippen molar-refractivity contribution >= 4 is 11.8 Å². The number of pyridine rings is 1. The zero-order valence-electron chi connectivity index (χ0n) is 15.1. The van der Waals surface area contributed by atoms with Crippen LogP contribution in [0.1, 0.15) is 28.0 Å². The van der Waals surface area contributed by atoms with Crippen molar-refractivity contribution in [3.05, 3.63) is 59.4 Å². The SMILES string of the molecule is COc1cccc(C(=O)N2CCC(C(=O)NCc3ncccc3C)C2)c1. The van der Waals surface area contributed by atoms with E-state index in [1.807, 2.05) is 19.1 Å². The average molecular weight is 353 g/mol. The molecule has 0 aliphatic carbocycles. The van der Waals surface area contributed by atoms with Gasteiger partial charge in [-0.2, -0.15) is 0 Å². The predicted molar refractivity (Wildman–Crippen MR) is 97.8 cm³/mol. The van der Waals surface area contributed by atoms with E-state index in [2.05, 4.69) is 10.3 Å². The largest absolute Gasteiger partial charge is 0.497 e. The van der Waals surface area contributed by atoms with Gasteiger partial charge in [0.05, 0.1) is 25.3 Å². The standard InChI is InChI=1S/C20H23N3O3/c1-14-5-4-9-21-18(14)12-22-19(24)16-8-10-23(13-16)20(25)15-6-3-7-17(11-15)26-2/h3-7,9,11,16H,8,10,12-13H2,1-2H3,(H,22,24). The lowest BCUT2D eigenvalue weighted by Crippen LogP contribution is -2.34. The number of amides is 2. The summed E-state index contributed by atoms with van der Waals surface area (Å²) in [5.41, 5.74) is 2.49. The molecule has 1 aliphatic rings. The third kappa shape index (κ3) is 4.02. The second kappa shape index (κ2) is 7.99. The number of rotatable bonds is 5. The highest BCUT2D eigenvalue weighted by Gasteiger charge is 2.31. The van der Waals surface area contributed by atoms with Gasteiger partial charge in [0.1, 0.15) is 5.75 Å².